The van der Waals surface area contributed by atoms with E-state index < -0.39 is 0 Å². The van der Waals surface area contributed by atoms with Crippen molar-refractivity contribution in [1.29, 1.82) is 0 Å². The molecule has 6 nitrogen and oxygen atoms in total. The van der Waals surface area contributed by atoms with Crippen molar-refractivity contribution in [2.24, 2.45) is 5.92 Å². The summed E-state index contributed by atoms with van der Waals surface area (Å²) in [6.07, 6.45) is 5.23. The van der Waals surface area contributed by atoms with E-state index >= 15 is 0 Å². The number of rotatable bonds is 3. The van der Waals surface area contributed by atoms with Crippen molar-refractivity contribution in [3.05, 3.63) is 0 Å². The molecule has 0 saturated carbocycles. The third kappa shape index (κ3) is 3.07. The molecule has 3 heterocycles. The minimum Gasteiger partial charge on any atom is -0.396 e. The van der Waals surface area contributed by atoms with Crippen LogP contribution in [0.15, 0.2) is 0 Å². The van der Waals surface area contributed by atoms with Crippen LogP contribution in [0.5, 0.6) is 0 Å². The molecule has 0 spiro atoms. The highest BCUT2D eigenvalue weighted by Crippen LogP contribution is 2.32. The van der Waals surface area contributed by atoms with Gasteiger partial charge in [0.2, 0.25) is 5.91 Å². The molecular formula is C16H27N3O3. The largest absolute Gasteiger partial charge is 0.396 e. The van der Waals surface area contributed by atoms with E-state index in [-0.39, 0.29) is 24.6 Å². The van der Waals surface area contributed by atoms with E-state index in [4.69, 9.17) is 5.11 Å². The molecule has 3 rings (SSSR count). The number of carbonyl (C=O) groups is 2. The predicted molar refractivity (Wildman–Crippen MR) is 82.3 cm³/mol. The molecule has 3 aliphatic heterocycles. The first kappa shape index (κ1) is 15.6. The number of aliphatic hydroxyl groups excluding tert-OH is 1. The molecule has 3 aliphatic rings. The Bertz CT molecular complexity index is 423. The summed E-state index contributed by atoms with van der Waals surface area (Å²) in [7, 11) is 0. The van der Waals surface area contributed by atoms with Gasteiger partial charge in [-0.2, -0.15) is 0 Å². The van der Waals surface area contributed by atoms with Crippen LogP contribution in [0.25, 0.3) is 0 Å². The predicted octanol–water partition coefficient (Wildman–Crippen LogP) is 0.897. The molecule has 1 N–H and O–H groups in total. The molecule has 0 radical (unpaired) electrons. The first-order valence-electron chi connectivity index (χ1n) is 8.65. The summed E-state index contributed by atoms with van der Waals surface area (Å²) in [5, 5.41) is 9.02. The van der Waals surface area contributed by atoms with Gasteiger partial charge in [0, 0.05) is 51.8 Å². The summed E-state index contributed by atoms with van der Waals surface area (Å²) < 4.78 is 0. The van der Waals surface area contributed by atoms with Gasteiger partial charge < -0.3 is 19.8 Å². The second kappa shape index (κ2) is 6.86. The summed E-state index contributed by atoms with van der Waals surface area (Å²) in [5.74, 6) is 0.616. The van der Waals surface area contributed by atoms with Gasteiger partial charge in [-0.05, 0) is 38.0 Å². The lowest BCUT2D eigenvalue weighted by molar-refractivity contribution is -0.140. The van der Waals surface area contributed by atoms with E-state index in [0.29, 0.717) is 25.3 Å². The number of urea groups is 1. The Balaban J connectivity index is 1.61. The Labute approximate surface area is 132 Å². The van der Waals surface area contributed by atoms with Crippen molar-refractivity contribution in [3.8, 4) is 0 Å². The van der Waals surface area contributed by atoms with Crippen molar-refractivity contribution in [2.45, 2.75) is 44.6 Å². The molecule has 3 saturated heterocycles. The highest BCUT2D eigenvalue weighted by Gasteiger charge is 2.40. The molecular weight excluding hydrogens is 282 g/mol. The summed E-state index contributed by atoms with van der Waals surface area (Å²) in [4.78, 5) is 30.6. The van der Waals surface area contributed by atoms with Crippen molar-refractivity contribution in [3.63, 3.8) is 0 Å². The Hall–Kier alpha value is -1.30. The van der Waals surface area contributed by atoms with Crippen LogP contribution in [0.3, 0.4) is 0 Å². The van der Waals surface area contributed by atoms with E-state index in [1.165, 1.54) is 0 Å². The minimum absolute atomic E-state index is 0.126. The van der Waals surface area contributed by atoms with Crippen molar-refractivity contribution < 1.29 is 14.7 Å². The molecule has 0 aliphatic carbocycles. The molecule has 6 heteroatoms. The van der Waals surface area contributed by atoms with E-state index in [2.05, 4.69) is 0 Å². The van der Waals surface area contributed by atoms with Crippen molar-refractivity contribution in [1.82, 2.24) is 14.7 Å². The third-order valence-corrected chi connectivity index (χ3v) is 5.35. The summed E-state index contributed by atoms with van der Waals surface area (Å²) in [6.45, 7) is 4.09. The fourth-order valence-corrected chi connectivity index (χ4v) is 4.17. The summed E-state index contributed by atoms with van der Waals surface area (Å²) in [5.41, 5.74) is 0. The van der Waals surface area contributed by atoms with E-state index in [0.717, 1.165) is 51.9 Å². The lowest BCUT2D eigenvalue weighted by Gasteiger charge is -2.47. The molecule has 0 aromatic heterocycles. The second-order valence-electron chi connectivity index (χ2n) is 6.74. The average molecular weight is 309 g/mol. The quantitative estimate of drug-likeness (QED) is 0.842. The van der Waals surface area contributed by atoms with Crippen molar-refractivity contribution in [2.75, 3.05) is 39.3 Å². The minimum atomic E-state index is 0.126. The zero-order valence-corrected chi connectivity index (χ0v) is 13.2. The highest BCUT2D eigenvalue weighted by atomic mass is 16.3. The first-order chi connectivity index (χ1) is 10.7. The Kier molecular flexibility index (Phi) is 4.86. The number of piperidine rings is 2. The molecule has 3 amide bonds. The molecule has 0 bridgehead atoms. The molecule has 0 aromatic carbocycles. The summed E-state index contributed by atoms with van der Waals surface area (Å²) >= 11 is 0. The van der Waals surface area contributed by atoms with Gasteiger partial charge in [0.25, 0.3) is 0 Å². The number of amides is 3. The SMILES string of the molecule is O=C(N1CCCC1)N1CC[C@@H]2[C@@H](CCC(=O)N2CCCO)C1. The second-order valence-corrected chi connectivity index (χ2v) is 6.74. The Morgan fingerprint density at radius 1 is 1.14 bits per heavy atom. The lowest BCUT2D eigenvalue weighted by atomic mass is 9.83. The average Bonchev–Trinajstić information content (AvgIpc) is 3.07. The van der Waals surface area contributed by atoms with Crippen LogP contribution >= 0.6 is 0 Å². The fourth-order valence-electron chi connectivity index (χ4n) is 4.17. The zero-order chi connectivity index (χ0) is 15.5. The van der Waals surface area contributed by atoms with Gasteiger partial charge in [-0.3, -0.25) is 4.79 Å². The third-order valence-electron chi connectivity index (χ3n) is 5.35. The van der Waals surface area contributed by atoms with Crippen LogP contribution < -0.4 is 0 Å². The van der Waals surface area contributed by atoms with Gasteiger partial charge in [0.15, 0.2) is 0 Å². The van der Waals surface area contributed by atoms with E-state index in [9.17, 15) is 9.59 Å². The smallest absolute Gasteiger partial charge is 0.320 e. The first-order valence-corrected chi connectivity index (χ1v) is 8.65. The van der Waals surface area contributed by atoms with E-state index in [1.807, 2.05) is 14.7 Å². The van der Waals surface area contributed by atoms with Gasteiger partial charge in [-0.1, -0.05) is 0 Å². The number of aliphatic hydroxyl groups is 1. The van der Waals surface area contributed by atoms with Crippen LogP contribution in [0, 0.1) is 5.92 Å². The molecule has 0 unspecified atom stereocenters. The normalized spacial score (nSPS) is 29.0. The number of hydrogen-bond donors (Lipinski definition) is 1. The monoisotopic (exact) mass is 309 g/mol. The summed E-state index contributed by atoms with van der Waals surface area (Å²) in [6, 6.07) is 0.449. The fraction of sp³-hybridized carbons (Fsp3) is 0.875. The van der Waals surface area contributed by atoms with Crippen LogP contribution in [0.4, 0.5) is 4.79 Å². The van der Waals surface area contributed by atoms with Crippen LogP contribution in [-0.2, 0) is 4.79 Å². The Morgan fingerprint density at radius 3 is 2.64 bits per heavy atom. The topological polar surface area (TPSA) is 64.1 Å². The number of hydrogen-bond acceptors (Lipinski definition) is 3. The van der Waals surface area contributed by atoms with Crippen LogP contribution in [0.2, 0.25) is 0 Å². The maximum absolute atomic E-state index is 12.5. The maximum atomic E-state index is 12.5. The van der Waals surface area contributed by atoms with Gasteiger partial charge in [0.1, 0.15) is 0 Å². The highest BCUT2D eigenvalue weighted by molar-refractivity contribution is 5.78. The van der Waals surface area contributed by atoms with Crippen LogP contribution in [-0.4, -0.2) is 77.1 Å². The maximum Gasteiger partial charge on any atom is 0.320 e. The van der Waals surface area contributed by atoms with Gasteiger partial charge >= 0.3 is 6.03 Å². The standard InChI is InChI=1S/C16H27N3O3/c20-11-3-9-19-14-6-10-18(12-13(14)4-5-15(19)21)16(22)17-7-1-2-8-17/h13-14,20H,1-12H2/t13-,14+/m0/s1. The van der Waals surface area contributed by atoms with Gasteiger partial charge in [0.05, 0.1) is 0 Å². The molecule has 3 fully saturated rings. The number of likely N-dealkylation sites (tertiary alicyclic amines) is 3. The van der Waals surface area contributed by atoms with E-state index in [1.54, 1.807) is 0 Å². The Morgan fingerprint density at radius 2 is 1.91 bits per heavy atom. The van der Waals surface area contributed by atoms with Crippen LogP contribution in [0.1, 0.15) is 38.5 Å². The zero-order valence-electron chi connectivity index (χ0n) is 13.2. The molecule has 2 atom stereocenters. The number of fused-ring (bicyclic) bond motifs is 1. The number of carbonyl (C=O) groups excluding carboxylic acids is 2. The van der Waals surface area contributed by atoms with Gasteiger partial charge in [-0.15, -0.1) is 0 Å². The molecule has 22 heavy (non-hydrogen) atoms. The molecule has 124 valence electrons. The number of nitrogens with zero attached hydrogens (tertiary/aromatic N) is 3. The van der Waals surface area contributed by atoms with Crippen molar-refractivity contribution >= 4 is 11.9 Å². The lowest BCUT2D eigenvalue weighted by Crippen LogP contribution is -2.58. The van der Waals surface area contributed by atoms with Gasteiger partial charge in [-0.25, -0.2) is 4.79 Å². The molecule has 0 aromatic rings.